The smallest absolute Gasteiger partial charge is 0.191 e. The van der Waals surface area contributed by atoms with Crippen LogP contribution in [0.15, 0.2) is 0 Å². The summed E-state index contributed by atoms with van der Waals surface area (Å²) < 4.78 is 6.13. The third kappa shape index (κ3) is 2.81. The maximum Gasteiger partial charge on any atom is 0.191 e. The largest absolute Gasteiger partial charge is 0.417 e. The van der Waals surface area contributed by atoms with Crippen LogP contribution in [-0.2, 0) is 4.43 Å². The molecule has 84 valence electrons. The maximum atomic E-state index is 6.13. The molecule has 1 fully saturated rings. The van der Waals surface area contributed by atoms with Crippen molar-refractivity contribution in [2.24, 2.45) is 17.6 Å². The van der Waals surface area contributed by atoms with Crippen LogP contribution in [0.5, 0.6) is 0 Å². The first-order chi connectivity index (χ1) is 6.28. The molecule has 0 amide bonds. The Balaban J connectivity index is 2.31. The lowest BCUT2D eigenvalue weighted by molar-refractivity contribution is 0.266. The van der Waals surface area contributed by atoms with Crippen LogP contribution >= 0.6 is 0 Å². The molecule has 1 aliphatic rings. The van der Waals surface area contributed by atoms with E-state index in [2.05, 4.69) is 33.9 Å². The Morgan fingerprint density at radius 2 is 1.86 bits per heavy atom. The van der Waals surface area contributed by atoms with Gasteiger partial charge in [-0.05, 0) is 42.9 Å². The zero-order valence-corrected chi connectivity index (χ0v) is 11.3. The molecule has 0 heterocycles. The van der Waals surface area contributed by atoms with E-state index in [1.807, 2.05) is 0 Å². The molecule has 1 saturated carbocycles. The van der Waals surface area contributed by atoms with E-state index in [0.29, 0.717) is 5.04 Å². The van der Waals surface area contributed by atoms with E-state index in [1.165, 1.54) is 6.42 Å². The van der Waals surface area contributed by atoms with E-state index < -0.39 is 8.32 Å². The van der Waals surface area contributed by atoms with Crippen LogP contribution < -0.4 is 5.73 Å². The molecular weight excluding hydrogens is 190 g/mol. The van der Waals surface area contributed by atoms with Crippen molar-refractivity contribution in [2.75, 3.05) is 13.2 Å². The summed E-state index contributed by atoms with van der Waals surface area (Å²) in [5.74, 6) is 1.51. The lowest BCUT2D eigenvalue weighted by atomic mass is 10.2. The van der Waals surface area contributed by atoms with E-state index in [1.54, 1.807) is 0 Å². The molecule has 0 aromatic heterocycles. The number of hydrogen-bond donors (Lipinski definition) is 1. The van der Waals surface area contributed by atoms with Gasteiger partial charge in [0.2, 0.25) is 0 Å². The van der Waals surface area contributed by atoms with Crippen molar-refractivity contribution in [2.45, 2.75) is 45.3 Å². The first kappa shape index (κ1) is 12.2. The third-order valence-corrected chi connectivity index (χ3v) is 8.34. The molecule has 0 aromatic rings. The topological polar surface area (TPSA) is 35.2 Å². The first-order valence-electron chi connectivity index (χ1n) is 5.62. The lowest BCUT2D eigenvalue weighted by Crippen LogP contribution is -2.41. The lowest BCUT2D eigenvalue weighted by Gasteiger charge is -2.36. The van der Waals surface area contributed by atoms with Crippen LogP contribution in [0.1, 0.15) is 27.2 Å². The fourth-order valence-electron chi connectivity index (χ4n) is 1.33. The number of nitrogens with two attached hydrogens (primary N) is 1. The van der Waals surface area contributed by atoms with Gasteiger partial charge in [-0.1, -0.05) is 20.8 Å². The van der Waals surface area contributed by atoms with Gasteiger partial charge in [0, 0.05) is 6.61 Å². The third-order valence-electron chi connectivity index (χ3n) is 3.84. The van der Waals surface area contributed by atoms with Crippen molar-refractivity contribution in [3.63, 3.8) is 0 Å². The van der Waals surface area contributed by atoms with Gasteiger partial charge in [0.15, 0.2) is 8.32 Å². The van der Waals surface area contributed by atoms with Crippen molar-refractivity contribution < 1.29 is 4.43 Å². The molecule has 14 heavy (non-hydrogen) atoms. The van der Waals surface area contributed by atoms with E-state index >= 15 is 0 Å². The average molecular weight is 215 g/mol. The van der Waals surface area contributed by atoms with Crippen LogP contribution in [0.4, 0.5) is 0 Å². The molecule has 2 unspecified atom stereocenters. The normalized spacial score (nSPS) is 27.9. The second-order valence-electron chi connectivity index (χ2n) is 6.06. The number of hydrogen-bond acceptors (Lipinski definition) is 2. The van der Waals surface area contributed by atoms with Gasteiger partial charge >= 0.3 is 0 Å². The van der Waals surface area contributed by atoms with Gasteiger partial charge in [-0.2, -0.15) is 0 Å². The van der Waals surface area contributed by atoms with Gasteiger partial charge in [0.25, 0.3) is 0 Å². The monoisotopic (exact) mass is 215 g/mol. The standard InChI is InChI=1S/C11H25NOSi/c1-11(2,3)14(4,5)13-8-10-6-9(10)7-12/h9-10H,6-8,12H2,1-5H3. The van der Waals surface area contributed by atoms with Crippen LogP contribution in [-0.4, -0.2) is 21.5 Å². The SMILES string of the molecule is CC(C)(C)[Si](C)(C)OCC1CC1CN. The summed E-state index contributed by atoms with van der Waals surface area (Å²) >= 11 is 0. The molecule has 1 rings (SSSR count). The van der Waals surface area contributed by atoms with E-state index in [9.17, 15) is 0 Å². The van der Waals surface area contributed by atoms with Gasteiger partial charge in [0.1, 0.15) is 0 Å². The minimum atomic E-state index is -1.51. The Morgan fingerprint density at radius 3 is 2.21 bits per heavy atom. The van der Waals surface area contributed by atoms with Gasteiger partial charge in [-0.25, -0.2) is 0 Å². The first-order valence-corrected chi connectivity index (χ1v) is 8.53. The van der Waals surface area contributed by atoms with E-state index in [-0.39, 0.29) is 0 Å². The number of rotatable bonds is 4. The molecule has 0 bridgehead atoms. The summed E-state index contributed by atoms with van der Waals surface area (Å²) in [5, 5.41) is 0.333. The van der Waals surface area contributed by atoms with Crippen LogP contribution in [0.3, 0.4) is 0 Å². The highest BCUT2D eigenvalue weighted by Gasteiger charge is 2.41. The molecule has 0 spiro atoms. The second-order valence-corrected chi connectivity index (χ2v) is 10.9. The summed E-state index contributed by atoms with van der Waals surface area (Å²) in [5.41, 5.74) is 5.61. The molecule has 0 aromatic carbocycles. The summed E-state index contributed by atoms with van der Waals surface area (Å²) in [6, 6.07) is 0. The Labute approximate surface area is 89.3 Å². The van der Waals surface area contributed by atoms with E-state index in [4.69, 9.17) is 10.2 Å². The van der Waals surface area contributed by atoms with Crippen molar-refractivity contribution in [3.8, 4) is 0 Å². The highest BCUT2D eigenvalue weighted by atomic mass is 28.4. The molecule has 0 aliphatic heterocycles. The van der Waals surface area contributed by atoms with Gasteiger partial charge in [-0.3, -0.25) is 0 Å². The highest BCUT2D eigenvalue weighted by molar-refractivity contribution is 6.74. The molecule has 2 atom stereocenters. The maximum absolute atomic E-state index is 6.13. The zero-order valence-electron chi connectivity index (χ0n) is 10.3. The Morgan fingerprint density at radius 1 is 1.29 bits per heavy atom. The van der Waals surface area contributed by atoms with E-state index in [0.717, 1.165) is 25.0 Å². The average Bonchev–Trinajstić information content (AvgIpc) is 2.77. The van der Waals surface area contributed by atoms with Gasteiger partial charge in [-0.15, -0.1) is 0 Å². The van der Waals surface area contributed by atoms with Crippen LogP contribution in [0, 0.1) is 11.8 Å². The molecule has 0 radical (unpaired) electrons. The van der Waals surface area contributed by atoms with Gasteiger partial charge in [0.05, 0.1) is 0 Å². The Bertz CT molecular complexity index is 198. The summed E-state index contributed by atoms with van der Waals surface area (Å²) in [4.78, 5) is 0. The molecule has 1 aliphatic carbocycles. The fraction of sp³-hybridized carbons (Fsp3) is 1.00. The van der Waals surface area contributed by atoms with Crippen molar-refractivity contribution >= 4 is 8.32 Å². The highest BCUT2D eigenvalue weighted by Crippen LogP contribution is 2.41. The summed E-state index contributed by atoms with van der Waals surface area (Å²) in [6.45, 7) is 13.3. The minimum Gasteiger partial charge on any atom is -0.417 e. The molecule has 3 heteroatoms. The quantitative estimate of drug-likeness (QED) is 0.732. The predicted molar refractivity (Wildman–Crippen MR) is 63.8 cm³/mol. The predicted octanol–water partition coefficient (Wildman–Crippen LogP) is 2.60. The summed E-state index contributed by atoms with van der Waals surface area (Å²) in [6.07, 6.45) is 1.28. The Hall–Kier alpha value is 0.137. The minimum absolute atomic E-state index is 0.333. The Kier molecular flexibility index (Phi) is 3.44. The zero-order chi connectivity index (χ0) is 11.0. The molecule has 2 N–H and O–H groups in total. The van der Waals surface area contributed by atoms with Crippen molar-refractivity contribution in [1.82, 2.24) is 0 Å². The van der Waals surface area contributed by atoms with Crippen molar-refractivity contribution in [1.29, 1.82) is 0 Å². The van der Waals surface area contributed by atoms with Crippen LogP contribution in [0.25, 0.3) is 0 Å². The van der Waals surface area contributed by atoms with Crippen molar-refractivity contribution in [3.05, 3.63) is 0 Å². The van der Waals surface area contributed by atoms with Gasteiger partial charge < -0.3 is 10.2 Å². The summed E-state index contributed by atoms with van der Waals surface area (Å²) in [7, 11) is -1.51. The molecular formula is C11H25NOSi. The molecule has 2 nitrogen and oxygen atoms in total. The fourth-order valence-corrected chi connectivity index (χ4v) is 2.40. The molecule has 0 saturated heterocycles. The second kappa shape index (κ2) is 3.95. The van der Waals surface area contributed by atoms with Crippen LogP contribution in [0.2, 0.25) is 18.1 Å².